The van der Waals surface area contributed by atoms with Crippen LogP contribution in [0.1, 0.15) is 30.1 Å². The maximum Gasteiger partial charge on any atom is 0.339 e. The Bertz CT molecular complexity index is 575. The zero-order valence-corrected chi connectivity index (χ0v) is 10.5. The fourth-order valence-corrected chi connectivity index (χ4v) is 1.68. The third kappa shape index (κ3) is 3.74. The summed E-state index contributed by atoms with van der Waals surface area (Å²) in [6.07, 6.45) is 2.95. The minimum Gasteiger partial charge on any atom is -0.462 e. The average Bonchev–Trinajstić information content (AvgIpc) is 2.80. The van der Waals surface area contributed by atoms with Crippen LogP contribution < -0.4 is 0 Å². The summed E-state index contributed by atoms with van der Waals surface area (Å²) < 4.78 is 30.0. The minimum atomic E-state index is -2.72. The number of hydrogen-bond acceptors (Lipinski definition) is 3. The summed E-state index contributed by atoms with van der Waals surface area (Å²) >= 11 is 0. The van der Waals surface area contributed by atoms with Crippen LogP contribution in [0.2, 0.25) is 0 Å². The van der Waals surface area contributed by atoms with Crippen LogP contribution in [0.4, 0.5) is 8.78 Å². The average molecular weight is 268 g/mol. The van der Waals surface area contributed by atoms with E-state index in [2.05, 4.69) is 9.97 Å². The van der Waals surface area contributed by atoms with Crippen molar-refractivity contribution >= 4 is 17.0 Å². The summed E-state index contributed by atoms with van der Waals surface area (Å²) in [4.78, 5) is 18.6. The lowest BCUT2D eigenvalue weighted by Crippen LogP contribution is -2.12. The number of carbonyl (C=O) groups is 1. The Hall–Kier alpha value is -1.98. The van der Waals surface area contributed by atoms with Crippen molar-refractivity contribution in [3.8, 4) is 0 Å². The Morgan fingerprint density at radius 1 is 1.53 bits per heavy atom. The van der Waals surface area contributed by atoms with E-state index in [1.807, 2.05) is 0 Å². The molecule has 1 N–H and O–H groups in total. The van der Waals surface area contributed by atoms with Gasteiger partial charge in [-0.3, -0.25) is 0 Å². The first kappa shape index (κ1) is 13.5. The number of aromatic amines is 1. The molecule has 0 aliphatic carbocycles. The summed E-state index contributed by atoms with van der Waals surface area (Å²) in [7, 11) is 0. The van der Waals surface area contributed by atoms with Crippen molar-refractivity contribution in [2.24, 2.45) is 0 Å². The normalized spacial score (nSPS) is 11.7. The fraction of sp³-hybridized carbons (Fsp3) is 0.385. The minimum absolute atomic E-state index is 0.0204. The highest BCUT2D eigenvalue weighted by atomic mass is 19.3. The number of alkyl halides is 2. The van der Waals surface area contributed by atoms with E-state index < -0.39 is 11.9 Å². The van der Waals surface area contributed by atoms with E-state index in [0.29, 0.717) is 11.2 Å². The number of fused-ring (bicyclic) bond motifs is 1. The van der Waals surface area contributed by atoms with Crippen LogP contribution in [0.3, 0.4) is 0 Å². The van der Waals surface area contributed by atoms with Gasteiger partial charge in [0.1, 0.15) is 5.65 Å². The Morgan fingerprint density at radius 2 is 2.32 bits per heavy atom. The molecule has 2 rings (SSSR count). The first-order chi connectivity index (χ1) is 8.96. The number of ether oxygens (including phenoxy) is 1. The van der Waals surface area contributed by atoms with Gasteiger partial charge in [-0.05, 0) is 25.5 Å². The standard InChI is InChI=1S/C13H14F2N2O2/c1-13(14,15)4-2-6-19-12(18)10-7-9-3-5-16-11(9)17-8-10/h3,5,7-8H,2,4,6H2,1H3,(H,16,17). The number of nitrogens with one attached hydrogen (secondary N) is 1. The SMILES string of the molecule is CC(F)(F)CCCOC(=O)c1cnc2[nH]ccc2c1. The van der Waals surface area contributed by atoms with Crippen LogP contribution in [0.5, 0.6) is 0 Å². The van der Waals surface area contributed by atoms with E-state index >= 15 is 0 Å². The summed E-state index contributed by atoms with van der Waals surface area (Å²) in [5.41, 5.74) is 0.998. The van der Waals surface area contributed by atoms with Gasteiger partial charge in [-0.1, -0.05) is 0 Å². The van der Waals surface area contributed by atoms with Crippen LogP contribution in [-0.2, 0) is 4.74 Å². The van der Waals surface area contributed by atoms with Crippen molar-refractivity contribution in [1.82, 2.24) is 9.97 Å². The molecule has 0 radical (unpaired) electrons. The van der Waals surface area contributed by atoms with E-state index in [4.69, 9.17) is 4.74 Å². The molecule has 0 spiro atoms. The molecule has 0 fully saturated rings. The zero-order chi connectivity index (χ0) is 13.9. The van der Waals surface area contributed by atoms with Gasteiger partial charge in [0.2, 0.25) is 5.92 Å². The van der Waals surface area contributed by atoms with E-state index in [0.717, 1.165) is 12.3 Å². The molecule has 4 nitrogen and oxygen atoms in total. The highest BCUT2D eigenvalue weighted by Crippen LogP contribution is 2.18. The number of hydrogen-bond donors (Lipinski definition) is 1. The smallest absolute Gasteiger partial charge is 0.339 e. The second-order valence-electron chi connectivity index (χ2n) is 4.45. The maximum absolute atomic E-state index is 12.6. The number of halogens is 2. The zero-order valence-electron chi connectivity index (χ0n) is 10.5. The van der Waals surface area contributed by atoms with Gasteiger partial charge in [0.05, 0.1) is 12.2 Å². The second kappa shape index (κ2) is 5.34. The first-order valence-electron chi connectivity index (χ1n) is 5.94. The lowest BCUT2D eigenvalue weighted by molar-refractivity contribution is 0.00249. The molecule has 0 saturated heterocycles. The van der Waals surface area contributed by atoms with Crippen molar-refractivity contribution in [3.05, 3.63) is 30.1 Å². The van der Waals surface area contributed by atoms with E-state index in [1.54, 1.807) is 18.3 Å². The molecule has 0 aromatic carbocycles. The van der Waals surface area contributed by atoms with Crippen LogP contribution >= 0.6 is 0 Å². The highest BCUT2D eigenvalue weighted by molar-refractivity contribution is 5.93. The summed E-state index contributed by atoms with van der Waals surface area (Å²) in [6.45, 7) is 0.825. The largest absolute Gasteiger partial charge is 0.462 e. The van der Waals surface area contributed by atoms with Crippen LogP contribution in [0.25, 0.3) is 11.0 Å². The van der Waals surface area contributed by atoms with Crippen molar-refractivity contribution in [3.63, 3.8) is 0 Å². The van der Waals surface area contributed by atoms with Gasteiger partial charge in [0.15, 0.2) is 0 Å². The van der Waals surface area contributed by atoms with Crippen LogP contribution in [0, 0.1) is 0 Å². The topological polar surface area (TPSA) is 55.0 Å². The van der Waals surface area contributed by atoms with Gasteiger partial charge >= 0.3 is 5.97 Å². The van der Waals surface area contributed by atoms with Crippen molar-refractivity contribution in [1.29, 1.82) is 0 Å². The molecule has 2 aromatic heterocycles. The summed E-state index contributed by atoms with van der Waals surface area (Å²) in [5.74, 6) is -3.27. The number of H-pyrrole nitrogens is 1. The number of esters is 1. The fourth-order valence-electron chi connectivity index (χ4n) is 1.68. The van der Waals surface area contributed by atoms with Gasteiger partial charge in [-0.2, -0.15) is 0 Å². The molecule has 0 unspecified atom stereocenters. The number of rotatable bonds is 5. The van der Waals surface area contributed by atoms with E-state index in [-0.39, 0.29) is 19.4 Å². The monoisotopic (exact) mass is 268 g/mol. The quantitative estimate of drug-likeness (QED) is 0.669. The van der Waals surface area contributed by atoms with Crippen molar-refractivity contribution < 1.29 is 18.3 Å². The van der Waals surface area contributed by atoms with Gasteiger partial charge in [0.25, 0.3) is 0 Å². The maximum atomic E-state index is 12.6. The Morgan fingerprint density at radius 3 is 3.05 bits per heavy atom. The van der Waals surface area contributed by atoms with Gasteiger partial charge in [0, 0.05) is 24.2 Å². The molecular weight excluding hydrogens is 254 g/mol. The molecule has 0 aliphatic heterocycles. The molecule has 0 atom stereocenters. The lowest BCUT2D eigenvalue weighted by atomic mass is 10.2. The number of pyridine rings is 1. The third-order valence-electron chi connectivity index (χ3n) is 2.63. The van der Waals surface area contributed by atoms with Crippen molar-refractivity contribution in [2.75, 3.05) is 6.61 Å². The van der Waals surface area contributed by atoms with Crippen LogP contribution in [-0.4, -0.2) is 28.5 Å². The van der Waals surface area contributed by atoms with Crippen LogP contribution in [0.15, 0.2) is 24.5 Å². The molecule has 0 aliphatic rings. The Kier molecular flexibility index (Phi) is 3.78. The van der Waals surface area contributed by atoms with Crippen molar-refractivity contribution in [2.45, 2.75) is 25.7 Å². The molecule has 19 heavy (non-hydrogen) atoms. The van der Waals surface area contributed by atoms with E-state index in [1.165, 1.54) is 6.20 Å². The Labute approximate surface area is 108 Å². The molecule has 102 valence electrons. The van der Waals surface area contributed by atoms with Gasteiger partial charge in [-0.25, -0.2) is 18.6 Å². The van der Waals surface area contributed by atoms with Gasteiger partial charge < -0.3 is 9.72 Å². The number of aromatic nitrogens is 2. The predicted octanol–water partition coefficient (Wildman–Crippen LogP) is 3.16. The molecule has 0 bridgehead atoms. The summed E-state index contributed by atoms with van der Waals surface area (Å²) in [5, 5.41) is 0.801. The first-order valence-corrected chi connectivity index (χ1v) is 5.94. The molecule has 2 aromatic rings. The number of carbonyl (C=O) groups excluding carboxylic acids is 1. The Balaban J connectivity index is 1.89. The van der Waals surface area contributed by atoms with E-state index in [9.17, 15) is 13.6 Å². The molecule has 6 heteroatoms. The summed E-state index contributed by atoms with van der Waals surface area (Å²) in [6, 6.07) is 3.44. The van der Waals surface area contributed by atoms with Gasteiger partial charge in [-0.15, -0.1) is 0 Å². The number of nitrogens with zero attached hydrogens (tertiary/aromatic N) is 1. The molecule has 0 amide bonds. The predicted molar refractivity (Wildman–Crippen MR) is 66.2 cm³/mol. The highest BCUT2D eigenvalue weighted by Gasteiger charge is 2.20. The second-order valence-corrected chi connectivity index (χ2v) is 4.45. The lowest BCUT2D eigenvalue weighted by Gasteiger charge is -2.09. The third-order valence-corrected chi connectivity index (χ3v) is 2.63. The molecule has 0 saturated carbocycles. The molecular formula is C13H14F2N2O2. The molecule has 2 heterocycles.